The Labute approximate surface area is 143 Å². The summed E-state index contributed by atoms with van der Waals surface area (Å²) in [5.41, 5.74) is 1.32. The predicted octanol–water partition coefficient (Wildman–Crippen LogP) is 1.36. The third-order valence-electron chi connectivity index (χ3n) is 4.90. The van der Waals surface area contributed by atoms with E-state index < -0.39 is 28.9 Å². The summed E-state index contributed by atoms with van der Waals surface area (Å²) in [5, 5.41) is 12.3. The Bertz CT molecular complexity index is 723. The van der Waals surface area contributed by atoms with Crippen molar-refractivity contribution in [3.63, 3.8) is 0 Å². The third-order valence-corrected chi connectivity index (χ3v) is 6.30. The second-order valence-electron chi connectivity index (χ2n) is 6.27. The second-order valence-corrected chi connectivity index (χ2v) is 7.71. The summed E-state index contributed by atoms with van der Waals surface area (Å²) >= 11 is 1.47. The van der Waals surface area contributed by atoms with Gasteiger partial charge >= 0.3 is 5.97 Å². The normalized spacial score (nSPS) is 28.9. The van der Waals surface area contributed by atoms with Crippen molar-refractivity contribution >= 4 is 34.9 Å². The fraction of sp³-hybridized carbons (Fsp3) is 0.500. The van der Waals surface area contributed by atoms with Gasteiger partial charge in [0.1, 0.15) is 11.7 Å². The molecule has 1 aromatic carbocycles. The Kier molecular flexibility index (Phi) is 3.69. The third kappa shape index (κ3) is 2.20. The van der Waals surface area contributed by atoms with Gasteiger partial charge in [-0.3, -0.25) is 9.59 Å². The first-order valence-electron chi connectivity index (χ1n) is 7.99. The van der Waals surface area contributed by atoms with Crippen molar-refractivity contribution in [1.82, 2.24) is 5.32 Å². The fourth-order valence-electron chi connectivity index (χ4n) is 3.69. The first-order valence-corrected chi connectivity index (χ1v) is 8.93. The van der Waals surface area contributed by atoms with E-state index in [2.05, 4.69) is 5.32 Å². The number of carboxylic acid groups (broad SMARTS) is 1. The topological polar surface area (TPSA) is 72.9 Å². The van der Waals surface area contributed by atoms with E-state index in [-0.39, 0.29) is 10.9 Å². The number of benzene rings is 1. The number of nitrogens with zero attached hydrogens (tertiary/aromatic N) is 2. The van der Waals surface area contributed by atoms with Crippen LogP contribution in [0, 0.1) is 11.7 Å². The number of hydrogen-bond donors (Lipinski definition) is 2. The molecule has 3 aliphatic heterocycles. The number of halogens is 1. The minimum atomic E-state index is -1.15. The molecule has 0 aliphatic carbocycles. The van der Waals surface area contributed by atoms with Gasteiger partial charge < -0.3 is 20.2 Å². The van der Waals surface area contributed by atoms with E-state index in [1.54, 1.807) is 6.07 Å². The van der Waals surface area contributed by atoms with Crippen LogP contribution in [0.3, 0.4) is 0 Å². The maximum atomic E-state index is 14.6. The van der Waals surface area contributed by atoms with Crippen LogP contribution in [-0.4, -0.2) is 53.8 Å². The van der Waals surface area contributed by atoms with Gasteiger partial charge in [0.15, 0.2) is 5.78 Å². The lowest BCUT2D eigenvalue weighted by Crippen LogP contribution is -2.60. The Morgan fingerprint density at radius 3 is 2.67 bits per heavy atom. The molecule has 0 bridgehead atoms. The van der Waals surface area contributed by atoms with Crippen LogP contribution in [0.15, 0.2) is 12.1 Å². The van der Waals surface area contributed by atoms with Gasteiger partial charge in [-0.15, -0.1) is 11.8 Å². The van der Waals surface area contributed by atoms with E-state index in [9.17, 15) is 19.1 Å². The minimum Gasteiger partial charge on any atom is -0.481 e. The lowest BCUT2D eigenvalue weighted by atomic mass is 9.89. The fourth-order valence-corrected chi connectivity index (χ4v) is 5.10. The molecule has 0 saturated carbocycles. The van der Waals surface area contributed by atoms with Gasteiger partial charge in [-0.05, 0) is 19.1 Å². The van der Waals surface area contributed by atoms with Crippen molar-refractivity contribution in [2.75, 3.05) is 36.0 Å². The van der Waals surface area contributed by atoms with Crippen molar-refractivity contribution < 1.29 is 19.1 Å². The average molecular weight is 351 g/mol. The van der Waals surface area contributed by atoms with Gasteiger partial charge in [0.2, 0.25) is 0 Å². The summed E-state index contributed by atoms with van der Waals surface area (Å²) in [4.78, 5) is 28.0. The van der Waals surface area contributed by atoms with Crippen LogP contribution in [0.4, 0.5) is 15.8 Å². The first-order chi connectivity index (χ1) is 11.5. The van der Waals surface area contributed by atoms with Gasteiger partial charge in [-0.25, -0.2) is 4.39 Å². The van der Waals surface area contributed by atoms with Crippen molar-refractivity contribution in [2.24, 2.45) is 5.92 Å². The van der Waals surface area contributed by atoms with Crippen LogP contribution in [0.25, 0.3) is 0 Å². The second kappa shape index (κ2) is 5.63. The Morgan fingerprint density at radius 2 is 2.04 bits per heavy atom. The minimum absolute atomic E-state index is 0.0741. The number of aliphatic carboxylic acids is 1. The highest BCUT2D eigenvalue weighted by molar-refractivity contribution is 8.02. The molecule has 2 saturated heterocycles. The molecular formula is C16H18FN3O3S. The van der Waals surface area contributed by atoms with Crippen molar-refractivity contribution in [3.8, 4) is 0 Å². The number of anilines is 2. The highest BCUT2D eigenvalue weighted by Crippen LogP contribution is 2.51. The molecule has 0 spiro atoms. The molecule has 3 heterocycles. The van der Waals surface area contributed by atoms with Gasteiger partial charge in [0.05, 0.1) is 22.1 Å². The number of rotatable bonds is 2. The summed E-state index contributed by atoms with van der Waals surface area (Å²) in [6.45, 7) is 4.95. The molecule has 8 heteroatoms. The molecule has 0 radical (unpaired) electrons. The monoisotopic (exact) mass is 351 g/mol. The van der Waals surface area contributed by atoms with Crippen LogP contribution in [-0.2, 0) is 4.79 Å². The van der Waals surface area contributed by atoms with Gasteiger partial charge in [0, 0.05) is 31.7 Å². The molecule has 0 aromatic heterocycles. The largest absolute Gasteiger partial charge is 0.481 e. The Hall–Kier alpha value is -1.80. The number of ketones is 1. The number of nitrogens with one attached hydrogen (secondary N) is 1. The standard InChI is InChI=1S/C16H18FN3O3S/c1-8-20-11-7-12(19-4-2-18-3-5-19)10(17)6-9(11)14(21)13(16(22)23)15(20)24-8/h6-8,13,15,18H,2-5H2,1H3,(H,22,23)/t8-,13-,15-/m0/s1. The van der Waals surface area contributed by atoms with Gasteiger partial charge in [-0.2, -0.15) is 0 Å². The van der Waals surface area contributed by atoms with E-state index in [0.29, 0.717) is 24.5 Å². The smallest absolute Gasteiger partial charge is 0.317 e. The molecule has 2 N–H and O–H groups in total. The van der Waals surface area contributed by atoms with Crippen LogP contribution >= 0.6 is 11.8 Å². The van der Waals surface area contributed by atoms with E-state index >= 15 is 0 Å². The van der Waals surface area contributed by atoms with Gasteiger partial charge in [-0.1, -0.05) is 0 Å². The molecule has 0 amide bonds. The van der Waals surface area contributed by atoms with Crippen LogP contribution in [0.2, 0.25) is 0 Å². The van der Waals surface area contributed by atoms with E-state index in [0.717, 1.165) is 13.1 Å². The van der Waals surface area contributed by atoms with Crippen LogP contribution in [0.5, 0.6) is 0 Å². The molecule has 1 aromatic rings. The number of hydrogen-bond acceptors (Lipinski definition) is 6. The Balaban J connectivity index is 1.79. The maximum Gasteiger partial charge on any atom is 0.317 e. The molecule has 3 atom stereocenters. The SMILES string of the molecule is C[C@@H]1S[C@H]2[C@@H](C(=O)O)C(=O)c3cc(F)c(N4CCNCC4)cc3N12. The summed E-state index contributed by atoms with van der Waals surface area (Å²) in [6.07, 6.45) is 0. The van der Waals surface area contributed by atoms with E-state index in [4.69, 9.17) is 0 Å². The molecular weight excluding hydrogens is 333 g/mol. The molecule has 24 heavy (non-hydrogen) atoms. The highest BCUT2D eigenvalue weighted by atomic mass is 32.2. The first kappa shape index (κ1) is 15.7. The van der Waals surface area contributed by atoms with E-state index in [1.165, 1.54) is 17.8 Å². The highest BCUT2D eigenvalue weighted by Gasteiger charge is 2.53. The Morgan fingerprint density at radius 1 is 1.33 bits per heavy atom. The zero-order valence-electron chi connectivity index (χ0n) is 13.2. The zero-order valence-corrected chi connectivity index (χ0v) is 14.0. The molecule has 128 valence electrons. The average Bonchev–Trinajstić information content (AvgIpc) is 2.55. The molecule has 0 unspecified atom stereocenters. The number of Topliss-reactive ketones (excluding diaryl/α,β-unsaturated/α-hetero) is 1. The number of thioether (sulfide) groups is 1. The molecule has 2 fully saturated rings. The van der Waals surface area contributed by atoms with Crippen molar-refractivity contribution in [1.29, 1.82) is 0 Å². The summed E-state index contributed by atoms with van der Waals surface area (Å²) in [5.74, 6) is -3.24. The molecule has 6 nitrogen and oxygen atoms in total. The number of piperazine rings is 1. The lowest BCUT2D eigenvalue weighted by Gasteiger charge is -2.53. The number of fused-ring (bicyclic) bond motifs is 3. The summed E-state index contributed by atoms with van der Waals surface area (Å²) in [6, 6.07) is 2.94. The maximum absolute atomic E-state index is 14.6. The zero-order chi connectivity index (χ0) is 17.0. The molecule has 4 rings (SSSR count). The molecule has 3 aliphatic rings. The number of carbonyl (C=O) groups excluding carboxylic acids is 1. The number of carboxylic acids is 1. The van der Waals surface area contributed by atoms with Gasteiger partial charge in [0.25, 0.3) is 0 Å². The number of carbonyl (C=O) groups is 2. The van der Waals surface area contributed by atoms with Crippen molar-refractivity contribution in [2.45, 2.75) is 17.7 Å². The van der Waals surface area contributed by atoms with Crippen LogP contribution in [0.1, 0.15) is 17.3 Å². The van der Waals surface area contributed by atoms with Crippen LogP contribution < -0.4 is 15.1 Å². The predicted molar refractivity (Wildman–Crippen MR) is 90.3 cm³/mol. The lowest BCUT2D eigenvalue weighted by molar-refractivity contribution is -0.140. The quantitative estimate of drug-likeness (QED) is 0.780. The summed E-state index contributed by atoms with van der Waals surface area (Å²) < 4.78 is 14.6. The van der Waals surface area contributed by atoms with Crippen molar-refractivity contribution in [3.05, 3.63) is 23.5 Å². The van der Waals surface area contributed by atoms with E-state index in [1.807, 2.05) is 16.7 Å². The summed E-state index contributed by atoms with van der Waals surface area (Å²) in [7, 11) is 0.